The molecule has 5 heterocycles. The van der Waals surface area contributed by atoms with E-state index < -0.39 is 0 Å². The van der Waals surface area contributed by atoms with Gasteiger partial charge in [0.05, 0.1) is 17.3 Å². The Labute approximate surface area is 186 Å². The first-order valence-corrected chi connectivity index (χ1v) is 11.1. The lowest BCUT2D eigenvalue weighted by atomic mass is 9.99. The van der Waals surface area contributed by atoms with Crippen molar-refractivity contribution < 1.29 is 4.79 Å². The van der Waals surface area contributed by atoms with Crippen LogP contribution in [0.5, 0.6) is 0 Å². The van der Waals surface area contributed by atoms with Crippen LogP contribution in [0, 0.1) is 0 Å². The van der Waals surface area contributed by atoms with Crippen molar-refractivity contribution in [2.45, 2.75) is 44.8 Å². The summed E-state index contributed by atoms with van der Waals surface area (Å²) in [6, 6.07) is 9.08. The highest BCUT2D eigenvalue weighted by atomic mass is 16.2. The third-order valence-electron chi connectivity index (χ3n) is 6.26. The van der Waals surface area contributed by atoms with Crippen LogP contribution in [0.25, 0.3) is 0 Å². The molecule has 5 rings (SSSR count). The second kappa shape index (κ2) is 9.00. The molecule has 2 aliphatic rings. The molecule has 1 atom stereocenters. The minimum absolute atomic E-state index is 0.100. The van der Waals surface area contributed by atoms with Gasteiger partial charge in [-0.3, -0.25) is 24.5 Å². The van der Waals surface area contributed by atoms with Crippen LogP contribution in [0.3, 0.4) is 0 Å². The largest absolute Gasteiger partial charge is 0.327 e. The number of carbonyl (C=O) groups excluding carboxylic acids is 1. The maximum atomic E-state index is 13.1. The van der Waals surface area contributed by atoms with Crippen LogP contribution in [-0.2, 0) is 19.5 Å². The van der Waals surface area contributed by atoms with Gasteiger partial charge >= 0.3 is 0 Å². The summed E-state index contributed by atoms with van der Waals surface area (Å²) >= 11 is 0. The molecule has 1 unspecified atom stereocenters. The Bertz CT molecular complexity index is 1150. The normalized spacial score (nSPS) is 18.9. The monoisotopic (exact) mass is 430 g/mol. The molecular weight excluding hydrogens is 404 g/mol. The lowest BCUT2D eigenvalue weighted by Gasteiger charge is -2.35. The summed E-state index contributed by atoms with van der Waals surface area (Å²) in [6.45, 7) is 2.79. The molecule has 32 heavy (non-hydrogen) atoms. The van der Waals surface area contributed by atoms with Gasteiger partial charge in [-0.05, 0) is 43.0 Å². The van der Waals surface area contributed by atoms with Crippen LogP contribution in [0.1, 0.15) is 58.4 Å². The SMILES string of the molecule is O=C(c1ccccn1)N1CCCCC1c1nc2c(c(=O)[nH]1)CN(Cc1cccnc1)CC2. The highest BCUT2D eigenvalue weighted by Gasteiger charge is 2.32. The number of amides is 1. The van der Waals surface area contributed by atoms with Crippen LogP contribution in [0.4, 0.5) is 0 Å². The number of carbonyl (C=O) groups is 1. The number of nitrogens with zero attached hydrogens (tertiary/aromatic N) is 5. The number of hydrogen-bond acceptors (Lipinski definition) is 6. The van der Waals surface area contributed by atoms with E-state index in [0.29, 0.717) is 31.0 Å². The van der Waals surface area contributed by atoms with E-state index in [1.165, 1.54) is 0 Å². The molecule has 164 valence electrons. The van der Waals surface area contributed by atoms with Crippen molar-refractivity contribution in [1.82, 2.24) is 29.7 Å². The Morgan fingerprint density at radius 3 is 2.88 bits per heavy atom. The van der Waals surface area contributed by atoms with E-state index in [-0.39, 0.29) is 17.5 Å². The average Bonchev–Trinajstić information content (AvgIpc) is 2.85. The van der Waals surface area contributed by atoms with Crippen LogP contribution in [0.15, 0.2) is 53.7 Å². The maximum Gasteiger partial charge on any atom is 0.273 e. The van der Waals surface area contributed by atoms with Gasteiger partial charge in [-0.1, -0.05) is 12.1 Å². The van der Waals surface area contributed by atoms with Gasteiger partial charge in [-0.25, -0.2) is 4.98 Å². The first kappa shape index (κ1) is 20.5. The number of aromatic amines is 1. The first-order chi connectivity index (χ1) is 15.7. The fraction of sp³-hybridized carbons (Fsp3) is 0.375. The average molecular weight is 431 g/mol. The van der Waals surface area contributed by atoms with Gasteiger partial charge in [0.15, 0.2) is 0 Å². The number of rotatable bonds is 4. The summed E-state index contributed by atoms with van der Waals surface area (Å²) < 4.78 is 0. The third kappa shape index (κ3) is 4.18. The smallest absolute Gasteiger partial charge is 0.273 e. The van der Waals surface area contributed by atoms with Crippen molar-refractivity contribution in [3.05, 3.63) is 87.6 Å². The predicted octanol–water partition coefficient (Wildman–Crippen LogP) is 2.49. The topological polar surface area (TPSA) is 95.1 Å². The van der Waals surface area contributed by atoms with Crippen LogP contribution < -0.4 is 5.56 Å². The molecule has 0 radical (unpaired) electrons. The molecule has 0 aliphatic carbocycles. The number of H-pyrrole nitrogens is 1. The van der Waals surface area contributed by atoms with Gasteiger partial charge in [-0.2, -0.15) is 0 Å². The maximum absolute atomic E-state index is 13.1. The van der Waals surface area contributed by atoms with Gasteiger partial charge in [-0.15, -0.1) is 0 Å². The Balaban J connectivity index is 1.38. The molecule has 1 saturated heterocycles. The molecule has 8 heteroatoms. The molecule has 0 bridgehead atoms. The van der Waals surface area contributed by atoms with Gasteiger partial charge in [0.1, 0.15) is 11.5 Å². The zero-order valence-corrected chi connectivity index (χ0v) is 17.9. The first-order valence-electron chi connectivity index (χ1n) is 11.1. The summed E-state index contributed by atoms with van der Waals surface area (Å²) in [5.41, 5.74) is 3.02. The van der Waals surface area contributed by atoms with Crippen LogP contribution >= 0.6 is 0 Å². The number of nitrogens with one attached hydrogen (secondary N) is 1. The van der Waals surface area contributed by atoms with Crippen molar-refractivity contribution in [1.29, 1.82) is 0 Å². The van der Waals surface area contributed by atoms with Gasteiger partial charge in [0.25, 0.3) is 11.5 Å². The van der Waals surface area contributed by atoms with Gasteiger partial charge in [0.2, 0.25) is 0 Å². The highest BCUT2D eigenvalue weighted by Crippen LogP contribution is 2.30. The molecule has 0 aromatic carbocycles. The molecule has 3 aromatic rings. The number of pyridine rings is 2. The van der Waals surface area contributed by atoms with Gasteiger partial charge < -0.3 is 9.88 Å². The van der Waals surface area contributed by atoms with Crippen LogP contribution in [-0.4, -0.2) is 48.7 Å². The van der Waals surface area contributed by atoms with Crippen molar-refractivity contribution >= 4 is 5.91 Å². The zero-order valence-electron chi connectivity index (χ0n) is 17.9. The fourth-order valence-electron chi connectivity index (χ4n) is 4.64. The van der Waals surface area contributed by atoms with Crippen molar-refractivity contribution in [2.24, 2.45) is 0 Å². The fourth-order valence-corrected chi connectivity index (χ4v) is 4.64. The summed E-state index contributed by atoms with van der Waals surface area (Å²) in [7, 11) is 0. The molecule has 3 aromatic heterocycles. The second-order valence-corrected chi connectivity index (χ2v) is 8.42. The van der Waals surface area contributed by atoms with Crippen LogP contribution in [0.2, 0.25) is 0 Å². The molecule has 1 fully saturated rings. The van der Waals surface area contributed by atoms with Crippen molar-refractivity contribution in [3.63, 3.8) is 0 Å². The molecule has 1 N–H and O–H groups in total. The Hall–Kier alpha value is -3.39. The Morgan fingerprint density at radius 1 is 1.12 bits per heavy atom. The minimum atomic E-state index is -0.232. The van der Waals surface area contributed by atoms with E-state index in [4.69, 9.17) is 4.98 Å². The number of likely N-dealkylation sites (tertiary alicyclic amines) is 1. The van der Waals surface area contributed by atoms with Crippen molar-refractivity contribution in [3.8, 4) is 0 Å². The highest BCUT2D eigenvalue weighted by molar-refractivity contribution is 5.92. The van der Waals surface area contributed by atoms with E-state index in [1.54, 1.807) is 24.5 Å². The Kier molecular flexibility index (Phi) is 5.77. The van der Waals surface area contributed by atoms with E-state index in [9.17, 15) is 9.59 Å². The standard InChI is InChI=1S/C24H26N6O2/c31-23-18-16-29(15-17-6-5-10-25-14-17)13-9-19(18)27-22(28-23)21-8-2-4-12-30(21)24(32)20-7-1-3-11-26-20/h1,3,5-7,10-11,14,21H,2,4,8-9,12-13,15-16H2,(H,27,28,31). The number of fused-ring (bicyclic) bond motifs is 1. The molecule has 0 spiro atoms. The second-order valence-electron chi connectivity index (χ2n) is 8.42. The summed E-state index contributed by atoms with van der Waals surface area (Å²) in [5, 5.41) is 0. The summed E-state index contributed by atoms with van der Waals surface area (Å²) in [4.78, 5) is 46.4. The quantitative estimate of drug-likeness (QED) is 0.683. The molecular formula is C24H26N6O2. The molecule has 8 nitrogen and oxygen atoms in total. The van der Waals surface area contributed by atoms with E-state index >= 15 is 0 Å². The minimum Gasteiger partial charge on any atom is -0.327 e. The summed E-state index contributed by atoms with van der Waals surface area (Å²) in [5.74, 6) is 0.483. The van der Waals surface area contributed by atoms with Gasteiger partial charge in [0, 0.05) is 51.2 Å². The third-order valence-corrected chi connectivity index (χ3v) is 6.26. The molecule has 1 amide bonds. The number of aromatic nitrogens is 4. The lowest BCUT2D eigenvalue weighted by molar-refractivity contribution is 0.0592. The lowest BCUT2D eigenvalue weighted by Crippen LogP contribution is -2.41. The number of hydrogen-bond donors (Lipinski definition) is 1. The summed E-state index contributed by atoms with van der Waals surface area (Å²) in [6.07, 6.45) is 8.68. The van der Waals surface area contributed by atoms with E-state index in [2.05, 4.69) is 19.9 Å². The predicted molar refractivity (Wildman–Crippen MR) is 119 cm³/mol. The Morgan fingerprint density at radius 2 is 2.06 bits per heavy atom. The van der Waals surface area contributed by atoms with E-state index in [1.807, 2.05) is 29.3 Å². The zero-order chi connectivity index (χ0) is 21.9. The number of piperidine rings is 1. The molecule has 0 saturated carbocycles. The van der Waals surface area contributed by atoms with Crippen molar-refractivity contribution in [2.75, 3.05) is 13.1 Å². The van der Waals surface area contributed by atoms with E-state index in [0.717, 1.165) is 49.2 Å². The molecule has 2 aliphatic heterocycles.